The van der Waals surface area contributed by atoms with Gasteiger partial charge in [0.2, 0.25) is 0 Å². The Hall–Kier alpha value is 0. The van der Waals surface area contributed by atoms with Crippen molar-refractivity contribution in [2.24, 2.45) is 17.8 Å². The average molecular weight is 180 g/mol. The molecule has 0 N–H and O–H groups in total. The summed E-state index contributed by atoms with van der Waals surface area (Å²) in [6.45, 7) is 2.43. The van der Waals surface area contributed by atoms with Crippen LogP contribution in [0, 0.1) is 17.8 Å². The van der Waals surface area contributed by atoms with Gasteiger partial charge in [-0.25, -0.2) is 0 Å². The maximum Gasteiger partial charge on any atom is -0.0412 e. The maximum absolute atomic E-state index is 2.43. The third kappa shape index (κ3) is 2.72. The molecule has 0 aromatic heterocycles. The van der Waals surface area contributed by atoms with Crippen molar-refractivity contribution in [3.8, 4) is 0 Å². The zero-order valence-corrected chi connectivity index (χ0v) is 9.10. The zero-order valence-electron chi connectivity index (χ0n) is 9.10. The Morgan fingerprint density at radius 2 is 1.54 bits per heavy atom. The van der Waals surface area contributed by atoms with Crippen LogP contribution in [-0.4, -0.2) is 0 Å². The molecule has 0 heterocycles. The Morgan fingerprint density at radius 3 is 2.15 bits per heavy atom. The fourth-order valence-corrected chi connectivity index (χ4v) is 3.36. The van der Waals surface area contributed by atoms with E-state index in [0.29, 0.717) is 0 Å². The molecule has 0 bridgehead atoms. The molecule has 0 aromatic rings. The van der Waals surface area contributed by atoms with Gasteiger partial charge in [-0.3, -0.25) is 0 Å². The van der Waals surface area contributed by atoms with Crippen LogP contribution in [0.2, 0.25) is 0 Å². The van der Waals surface area contributed by atoms with E-state index in [1.54, 1.807) is 25.7 Å². The van der Waals surface area contributed by atoms with Gasteiger partial charge >= 0.3 is 0 Å². The minimum atomic E-state index is 1.04. The van der Waals surface area contributed by atoms with Crippen molar-refractivity contribution in [2.45, 2.75) is 64.7 Å². The van der Waals surface area contributed by atoms with Gasteiger partial charge < -0.3 is 0 Å². The van der Waals surface area contributed by atoms with Crippen LogP contribution in [0.15, 0.2) is 0 Å². The van der Waals surface area contributed by atoms with Crippen LogP contribution >= 0.6 is 0 Å². The van der Waals surface area contributed by atoms with Crippen molar-refractivity contribution in [2.75, 3.05) is 0 Å². The lowest BCUT2D eigenvalue weighted by molar-refractivity contribution is 0.395. The van der Waals surface area contributed by atoms with Gasteiger partial charge in [0, 0.05) is 0 Å². The van der Waals surface area contributed by atoms with E-state index in [1.165, 1.54) is 32.1 Å². The van der Waals surface area contributed by atoms with Crippen molar-refractivity contribution in [3.63, 3.8) is 0 Å². The molecule has 0 spiro atoms. The fourth-order valence-electron chi connectivity index (χ4n) is 3.36. The summed E-state index contributed by atoms with van der Waals surface area (Å²) in [5.74, 6) is 3.26. The number of rotatable bonds is 3. The first-order chi connectivity index (χ1) is 6.34. The highest BCUT2D eigenvalue weighted by Gasteiger charge is 2.23. The predicted molar refractivity (Wildman–Crippen MR) is 57.7 cm³/mol. The highest BCUT2D eigenvalue weighted by atomic mass is 14.3. The highest BCUT2D eigenvalue weighted by molar-refractivity contribution is 4.75. The molecule has 2 aliphatic rings. The molecule has 13 heavy (non-hydrogen) atoms. The molecule has 0 amide bonds. The highest BCUT2D eigenvalue weighted by Crippen LogP contribution is 2.36. The van der Waals surface area contributed by atoms with Crippen molar-refractivity contribution in [1.82, 2.24) is 0 Å². The standard InChI is InChI=1S/C13H24/c1-11-6-7-13(10-11)9-8-12-4-2-3-5-12/h11-13H,2-10H2,1H3. The summed E-state index contributed by atoms with van der Waals surface area (Å²) in [5, 5.41) is 0. The smallest absolute Gasteiger partial charge is 0.0412 e. The maximum atomic E-state index is 2.43. The normalized spacial score (nSPS) is 35.8. The first-order valence-corrected chi connectivity index (χ1v) is 6.34. The van der Waals surface area contributed by atoms with Gasteiger partial charge in [0.25, 0.3) is 0 Å². The topological polar surface area (TPSA) is 0 Å². The molecule has 2 saturated carbocycles. The lowest BCUT2D eigenvalue weighted by Crippen LogP contribution is -2.00. The third-order valence-corrected chi connectivity index (χ3v) is 4.26. The van der Waals surface area contributed by atoms with Gasteiger partial charge in [-0.05, 0) is 24.2 Å². The van der Waals surface area contributed by atoms with Crippen LogP contribution < -0.4 is 0 Å². The quantitative estimate of drug-likeness (QED) is 0.604. The molecular formula is C13H24. The van der Waals surface area contributed by atoms with Gasteiger partial charge in [-0.1, -0.05) is 58.3 Å². The second kappa shape index (κ2) is 4.48. The second-order valence-electron chi connectivity index (χ2n) is 5.51. The summed E-state index contributed by atoms with van der Waals surface area (Å²) in [6, 6.07) is 0. The summed E-state index contributed by atoms with van der Waals surface area (Å²) in [7, 11) is 0. The molecule has 0 aliphatic heterocycles. The Morgan fingerprint density at radius 1 is 0.846 bits per heavy atom. The van der Waals surface area contributed by atoms with E-state index in [4.69, 9.17) is 0 Å². The monoisotopic (exact) mass is 180 g/mol. The molecule has 2 aliphatic carbocycles. The van der Waals surface area contributed by atoms with E-state index < -0.39 is 0 Å². The average Bonchev–Trinajstić information content (AvgIpc) is 2.71. The molecule has 76 valence electrons. The first-order valence-electron chi connectivity index (χ1n) is 6.34. The Balaban J connectivity index is 1.62. The largest absolute Gasteiger partial charge is 0.0625 e. The summed E-state index contributed by atoms with van der Waals surface area (Å²) in [4.78, 5) is 0. The minimum absolute atomic E-state index is 1.04. The van der Waals surface area contributed by atoms with E-state index in [1.807, 2.05) is 0 Å². The van der Waals surface area contributed by atoms with Crippen molar-refractivity contribution in [3.05, 3.63) is 0 Å². The van der Waals surface area contributed by atoms with Crippen molar-refractivity contribution >= 4 is 0 Å². The molecule has 0 radical (unpaired) electrons. The van der Waals surface area contributed by atoms with Crippen molar-refractivity contribution in [1.29, 1.82) is 0 Å². The van der Waals surface area contributed by atoms with Crippen LogP contribution in [0.4, 0.5) is 0 Å². The SMILES string of the molecule is CC1CCC(CCC2CCCC2)C1. The van der Waals surface area contributed by atoms with Gasteiger partial charge in [0.05, 0.1) is 0 Å². The third-order valence-electron chi connectivity index (χ3n) is 4.26. The van der Waals surface area contributed by atoms with E-state index in [2.05, 4.69) is 6.92 Å². The molecule has 0 nitrogen and oxygen atoms in total. The second-order valence-corrected chi connectivity index (χ2v) is 5.51. The van der Waals surface area contributed by atoms with Crippen LogP contribution in [0.3, 0.4) is 0 Å². The molecule has 2 unspecified atom stereocenters. The van der Waals surface area contributed by atoms with E-state index in [0.717, 1.165) is 17.8 Å². The minimum Gasteiger partial charge on any atom is -0.0625 e. The molecular weight excluding hydrogens is 156 g/mol. The number of hydrogen-bond acceptors (Lipinski definition) is 0. The van der Waals surface area contributed by atoms with E-state index in [-0.39, 0.29) is 0 Å². The molecule has 0 aromatic carbocycles. The Labute approximate surface area is 83.1 Å². The summed E-state index contributed by atoms with van der Waals surface area (Å²) >= 11 is 0. The number of hydrogen-bond donors (Lipinski definition) is 0. The Kier molecular flexibility index (Phi) is 3.29. The van der Waals surface area contributed by atoms with Gasteiger partial charge in [-0.15, -0.1) is 0 Å². The summed E-state index contributed by atoms with van der Waals surface area (Å²) < 4.78 is 0. The molecule has 2 fully saturated rings. The molecule has 2 atom stereocenters. The lowest BCUT2D eigenvalue weighted by atomic mass is 9.93. The molecule has 0 saturated heterocycles. The Bertz CT molecular complexity index is 144. The van der Waals surface area contributed by atoms with E-state index in [9.17, 15) is 0 Å². The van der Waals surface area contributed by atoms with Crippen LogP contribution in [0.5, 0.6) is 0 Å². The summed E-state index contributed by atoms with van der Waals surface area (Å²) in [5.41, 5.74) is 0. The van der Waals surface area contributed by atoms with Crippen LogP contribution in [0.25, 0.3) is 0 Å². The van der Waals surface area contributed by atoms with Crippen LogP contribution in [-0.2, 0) is 0 Å². The van der Waals surface area contributed by atoms with Crippen molar-refractivity contribution < 1.29 is 0 Å². The van der Waals surface area contributed by atoms with Crippen LogP contribution in [0.1, 0.15) is 64.7 Å². The fraction of sp³-hybridized carbons (Fsp3) is 1.00. The first kappa shape index (κ1) is 9.55. The predicted octanol–water partition coefficient (Wildman–Crippen LogP) is 4.39. The van der Waals surface area contributed by atoms with Gasteiger partial charge in [0.15, 0.2) is 0 Å². The molecule has 2 rings (SSSR count). The van der Waals surface area contributed by atoms with E-state index >= 15 is 0 Å². The zero-order chi connectivity index (χ0) is 9.10. The molecule has 0 heteroatoms. The summed E-state index contributed by atoms with van der Waals surface area (Å²) in [6.07, 6.45) is 13.8. The van der Waals surface area contributed by atoms with Gasteiger partial charge in [-0.2, -0.15) is 0 Å². The van der Waals surface area contributed by atoms with Gasteiger partial charge in [0.1, 0.15) is 0 Å². The lowest BCUT2D eigenvalue weighted by Gasteiger charge is -2.13.